The van der Waals surface area contributed by atoms with Crippen molar-refractivity contribution in [2.24, 2.45) is 0 Å². The van der Waals surface area contributed by atoms with Gasteiger partial charge < -0.3 is 29.6 Å². The normalized spacial score (nSPS) is 33.5. The highest BCUT2D eigenvalue weighted by molar-refractivity contribution is 5.75. The van der Waals surface area contributed by atoms with Crippen LogP contribution in [0.4, 0.5) is 0 Å². The molecule has 1 aliphatic rings. The molecule has 4 atom stereocenters. The van der Waals surface area contributed by atoms with E-state index in [1.807, 2.05) is 5.92 Å². The van der Waals surface area contributed by atoms with Gasteiger partial charge in [-0.1, -0.05) is 5.92 Å². The average molecular weight is 307 g/mol. The van der Waals surface area contributed by atoms with E-state index in [0.29, 0.717) is 5.82 Å². The fourth-order valence-corrected chi connectivity index (χ4v) is 2.57. The first-order valence-electron chi connectivity index (χ1n) is 7.43. The van der Waals surface area contributed by atoms with Crippen LogP contribution in [0.15, 0.2) is 17.1 Å². The third-order valence-corrected chi connectivity index (χ3v) is 3.70. The van der Waals surface area contributed by atoms with Crippen LogP contribution in [0.5, 0.6) is 0 Å². The molecular formula is C14H15N3O5. The molecule has 1 aliphatic heterocycles. The maximum atomic E-state index is 11.9. The van der Waals surface area contributed by atoms with Crippen LogP contribution in [-0.2, 0) is 4.74 Å². The number of hydrogen-bond acceptors (Lipinski definition) is 6. The molecule has 4 N–H and O–H groups in total. The molecule has 0 amide bonds. The van der Waals surface area contributed by atoms with Gasteiger partial charge in [0.1, 0.15) is 23.7 Å². The van der Waals surface area contributed by atoms with Crippen LogP contribution in [0, 0.1) is 19.3 Å². The summed E-state index contributed by atoms with van der Waals surface area (Å²) in [7, 11) is 0. The van der Waals surface area contributed by atoms with Crippen molar-refractivity contribution in [2.45, 2.75) is 31.0 Å². The lowest BCUT2D eigenvalue weighted by atomic mass is 9.95. The molecule has 0 aromatic carbocycles. The molecule has 0 spiro atoms. The van der Waals surface area contributed by atoms with Gasteiger partial charge >= 0.3 is 0 Å². The molecule has 22 heavy (non-hydrogen) atoms. The number of rotatable bonds is 2. The number of terminal acetylenes is 1. The lowest BCUT2D eigenvalue weighted by molar-refractivity contribution is -0.0718. The predicted molar refractivity (Wildman–Crippen MR) is 75.9 cm³/mol. The number of fused-ring (bicyclic) bond motifs is 1. The molecule has 1 fully saturated rings. The summed E-state index contributed by atoms with van der Waals surface area (Å²) < 4.78 is 21.2. The minimum atomic E-state index is -2.94. The Morgan fingerprint density at radius 1 is 1.73 bits per heavy atom. The van der Waals surface area contributed by atoms with E-state index >= 15 is 0 Å². The Bertz CT molecular complexity index is 896. The van der Waals surface area contributed by atoms with Crippen molar-refractivity contribution >= 4 is 11.0 Å². The smallest absolute Gasteiger partial charge is 0.260 e. The van der Waals surface area contributed by atoms with Crippen molar-refractivity contribution in [1.29, 1.82) is 0 Å². The van der Waals surface area contributed by atoms with E-state index in [2.05, 4.69) is 9.97 Å². The van der Waals surface area contributed by atoms with Gasteiger partial charge in [0.15, 0.2) is 11.8 Å². The molecule has 0 aliphatic carbocycles. The van der Waals surface area contributed by atoms with E-state index < -0.39 is 36.2 Å². The van der Waals surface area contributed by atoms with Gasteiger partial charge in [-0.25, -0.2) is 4.98 Å². The third-order valence-electron chi connectivity index (χ3n) is 3.70. The van der Waals surface area contributed by atoms with E-state index in [9.17, 15) is 20.1 Å². The minimum Gasteiger partial charge on any atom is -0.394 e. The summed E-state index contributed by atoms with van der Waals surface area (Å²) in [5.74, 6) is 2.30. The molecule has 1 unspecified atom stereocenters. The van der Waals surface area contributed by atoms with Crippen LogP contribution in [-0.4, -0.2) is 54.2 Å². The molecule has 0 saturated carbocycles. The highest BCUT2D eigenvalue weighted by atomic mass is 16.6. The van der Waals surface area contributed by atoms with Crippen LogP contribution in [0.25, 0.3) is 11.0 Å². The molecule has 8 heteroatoms. The summed E-state index contributed by atoms with van der Waals surface area (Å²) in [5.41, 5.74) is -2.60. The Hall–Kier alpha value is -2.18. The Balaban J connectivity index is 2.19. The van der Waals surface area contributed by atoms with E-state index in [-0.39, 0.29) is 11.0 Å². The second kappa shape index (κ2) is 4.93. The number of nitrogens with one attached hydrogen (secondary N) is 1. The van der Waals surface area contributed by atoms with Crippen LogP contribution < -0.4 is 5.56 Å². The van der Waals surface area contributed by atoms with E-state index in [4.69, 9.17) is 13.9 Å². The second-order valence-corrected chi connectivity index (χ2v) is 5.06. The monoisotopic (exact) mass is 307 g/mol. The number of H-pyrrole nitrogens is 1. The number of nitrogens with zero attached hydrogens (tertiary/aromatic N) is 2. The summed E-state index contributed by atoms with van der Waals surface area (Å²) in [4.78, 5) is 18.6. The highest BCUT2D eigenvalue weighted by Gasteiger charge is 2.55. The molecule has 0 bridgehead atoms. The van der Waals surface area contributed by atoms with E-state index in [1.165, 1.54) is 16.8 Å². The van der Waals surface area contributed by atoms with Crippen molar-refractivity contribution in [2.75, 3.05) is 6.56 Å². The zero-order valence-electron chi connectivity index (χ0n) is 13.5. The van der Waals surface area contributed by atoms with Crippen molar-refractivity contribution in [3.63, 3.8) is 0 Å². The predicted octanol–water partition coefficient (Wildman–Crippen LogP) is -1.35. The Labute approximate surface area is 127 Å². The molecular weight excluding hydrogens is 290 g/mol. The van der Waals surface area contributed by atoms with E-state index in [0.717, 1.165) is 0 Å². The molecule has 3 heterocycles. The maximum absolute atomic E-state index is 11.9. The first-order chi connectivity index (χ1) is 11.1. The second-order valence-electron chi connectivity index (χ2n) is 5.06. The quantitative estimate of drug-likeness (QED) is 0.509. The van der Waals surface area contributed by atoms with Gasteiger partial charge in [-0.2, -0.15) is 0 Å². The molecule has 0 radical (unpaired) electrons. The Morgan fingerprint density at radius 2 is 2.45 bits per heavy atom. The summed E-state index contributed by atoms with van der Waals surface area (Å²) in [6.45, 7) is -1.38. The molecule has 3 rings (SSSR count). The first-order valence-corrected chi connectivity index (χ1v) is 6.43. The number of ether oxygens (including phenoxy) is 1. The fraction of sp³-hybridized carbons (Fsp3) is 0.429. The topological polar surface area (TPSA) is 121 Å². The molecule has 116 valence electrons. The number of aromatic amines is 1. The number of hydrogen-bond donors (Lipinski definition) is 4. The van der Waals surface area contributed by atoms with Crippen LogP contribution in [0.1, 0.15) is 14.8 Å². The first kappa shape index (κ1) is 12.4. The summed E-state index contributed by atoms with van der Waals surface area (Å²) in [6.07, 6.45) is 1.56. The highest BCUT2D eigenvalue weighted by Crippen LogP contribution is 2.39. The number of aromatic nitrogens is 3. The average Bonchev–Trinajstić information content (AvgIpc) is 2.99. The van der Waals surface area contributed by atoms with Crippen LogP contribution in [0.2, 0.25) is 0 Å². The lowest BCUT2D eigenvalue weighted by Gasteiger charge is -2.26. The maximum Gasteiger partial charge on any atom is 0.260 e. The van der Waals surface area contributed by atoms with Crippen LogP contribution in [0.3, 0.4) is 0 Å². The summed E-state index contributed by atoms with van der Waals surface area (Å²) in [6, 6.07) is 1.42. The van der Waals surface area contributed by atoms with Crippen molar-refractivity contribution in [1.82, 2.24) is 14.5 Å². The standard InChI is InChI=1S/C14H15N3O5/c1-3-14(21)10(19)9(6-18)22-13(14)17-5-4-8-11(17)15-7(2)16-12(8)20/h1,4-5,9-10,13,18-19,21H,6H2,2H3,(H,15,16,20)/t9-,10+,13-,14?/m1/s1/i6D2. The largest absolute Gasteiger partial charge is 0.394 e. The fourth-order valence-electron chi connectivity index (χ4n) is 2.57. The number of aliphatic hydroxyl groups excluding tert-OH is 1. The minimum absolute atomic E-state index is 0.140. The number of aryl methyl sites for hydroxylation is 1. The molecule has 1 saturated heterocycles. The summed E-state index contributed by atoms with van der Waals surface area (Å²) >= 11 is 0. The molecule has 2 aromatic heterocycles. The summed E-state index contributed by atoms with van der Waals surface area (Å²) in [5, 5.41) is 30.5. The lowest BCUT2D eigenvalue weighted by Crippen LogP contribution is -2.45. The van der Waals surface area contributed by atoms with Gasteiger partial charge in [0, 0.05) is 6.20 Å². The van der Waals surface area contributed by atoms with Crippen molar-refractivity contribution in [3.05, 3.63) is 28.4 Å². The third kappa shape index (κ3) is 1.88. The van der Waals surface area contributed by atoms with E-state index in [1.54, 1.807) is 6.92 Å². The van der Waals surface area contributed by atoms with Gasteiger partial charge in [-0.15, -0.1) is 6.42 Å². The van der Waals surface area contributed by atoms with Gasteiger partial charge in [-0.3, -0.25) is 4.79 Å². The SMILES string of the molecule is [2H]C([2H])(O)[C@H]1O[C@@H](n2ccc3c(=O)[nH]c(C)nc32)C(O)(C#C)[C@H]1O. The van der Waals surface area contributed by atoms with Crippen molar-refractivity contribution in [3.8, 4) is 12.3 Å². The van der Waals surface area contributed by atoms with Crippen LogP contribution >= 0.6 is 0 Å². The number of aliphatic hydroxyl groups is 3. The Kier molecular flexibility index (Phi) is 2.77. The molecule has 8 nitrogen and oxygen atoms in total. The van der Waals surface area contributed by atoms with Gasteiger partial charge in [0.05, 0.1) is 14.7 Å². The van der Waals surface area contributed by atoms with Crippen molar-refractivity contribution < 1.29 is 22.8 Å². The zero-order chi connectivity index (χ0) is 17.9. The zero-order valence-corrected chi connectivity index (χ0v) is 11.5. The Morgan fingerprint density at radius 3 is 3.09 bits per heavy atom. The van der Waals surface area contributed by atoms with Gasteiger partial charge in [0.2, 0.25) is 0 Å². The van der Waals surface area contributed by atoms with Gasteiger partial charge in [-0.05, 0) is 13.0 Å². The van der Waals surface area contributed by atoms with Gasteiger partial charge in [0.25, 0.3) is 5.56 Å². The molecule has 2 aromatic rings.